The quantitative estimate of drug-likeness (QED) is 0.752. The molecule has 0 bridgehead atoms. The van der Waals surface area contributed by atoms with Crippen LogP contribution in [0.15, 0.2) is 0 Å². The van der Waals surface area contributed by atoms with E-state index in [2.05, 4.69) is 12.2 Å². The number of hydrogen-bond donors (Lipinski definition) is 1. The topological polar surface area (TPSA) is 38.3 Å². The third-order valence-corrected chi connectivity index (χ3v) is 3.96. The maximum Gasteiger partial charge on any atom is 0.312 e. The number of esters is 1. The van der Waals surface area contributed by atoms with Gasteiger partial charge in [0.2, 0.25) is 0 Å². The molecule has 0 saturated heterocycles. The van der Waals surface area contributed by atoms with Gasteiger partial charge >= 0.3 is 5.97 Å². The molecule has 0 aliphatic heterocycles. The van der Waals surface area contributed by atoms with E-state index >= 15 is 0 Å². The molecule has 0 aromatic carbocycles. The average molecular weight is 241 g/mol. The first-order valence-corrected chi connectivity index (χ1v) is 6.79. The lowest BCUT2D eigenvalue weighted by molar-refractivity contribution is -0.150. The Morgan fingerprint density at radius 3 is 2.47 bits per heavy atom. The van der Waals surface area contributed by atoms with Crippen LogP contribution in [0.5, 0.6) is 0 Å². The lowest BCUT2D eigenvalue weighted by Crippen LogP contribution is -2.43. The summed E-state index contributed by atoms with van der Waals surface area (Å²) in [6.45, 7) is 6.79. The van der Waals surface area contributed by atoms with Crippen molar-refractivity contribution >= 4 is 5.97 Å². The predicted molar refractivity (Wildman–Crippen MR) is 69.8 cm³/mol. The van der Waals surface area contributed by atoms with Gasteiger partial charge in [-0.15, -0.1) is 0 Å². The maximum absolute atomic E-state index is 11.6. The number of nitrogens with one attached hydrogen (secondary N) is 1. The zero-order valence-corrected chi connectivity index (χ0v) is 11.7. The van der Waals surface area contributed by atoms with Gasteiger partial charge in [-0.2, -0.15) is 0 Å². The summed E-state index contributed by atoms with van der Waals surface area (Å²) in [5.74, 6) is 0.637. The Bertz CT molecular complexity index is 245. The van der Waals surface area contributed by atoms with E-state index in [-0.39, 0.29) is 5.97 Å². The number of methoxy groups -OCH3 is 1. The minimum atomic E-state index is -0.433. The molecule has 1 fully saturated rings. The van der Waals surface area contributed by atoms with Crippen LogP contribution in [0.1, 0.15) is 52.9 Å². The zero-order valence-electron chi connectivity index (χ0n) is 11.7. The lowest BCUT2D eigenvalue weighted by atomic mass is 9.84. The molecule has 0 radical (unpaired) electrons. The molecule has 100 valence electrons. The van der Waals surface area contributed by atoms with Crippen LogP contribution in [0, 0.1) is 11.3 Å². The van der Waals surface area contributed by atoms with Gasteiger partial charge in [0.05, 0.1) is 12.5 Å². The second-order valence-corrected chi connectivity index (χ2v) is 5.94. The molecule has 0 heterocycles. The van der Waals surface area contributed by atoms with E-state index in [1.165, 1.54) is 39.2 Å². The summed E-state index contributed by atoms with van der Waals surface area (Å²) in [5, 5.41) is 3.51. The van der Waals surface area contributed by atoms with Crippen LogP contribution in [0.4, 0.5) is 0 Å². The summed E-state index contributed by atoms with van der Waals surface area (Å²) in [6.07, 6.45) is 6.75. The van der Waals surface area contributed by atoms with Crippen molar-refractivity contribution in [3.8, 4) is 0 Å². The lowest BCUT2D eigenvalue weighted by Gasteiger charge is -2.31. The molecule has 0 aromatic rings. The first-order valence-electron chi connectivity index (χ1n) is 6.79. The number of carbonyl (C=O) groups excluding carboxylic acids is 1. The smallest absolute Gasteiger partial charge is 0.312 e. The van der Waals surface area contributed by atoms with Gasteiger partial charge in [0.1, 0.15) is 0 Å². The van der Waals surface area contributed by atoms with Crippen LogP contribution in [-0.4, -0.2) is 25.7 Å². The highest BCUT2D eigenvalue weighted by Gasteiger charge is 2.30. The number of ether oxygens (including phenoxy) is 1. The van der Waals surface area contributed by atoms with Crippen LogP contribution in [0.2, 0.25) is 0 Å². The molecule has 0 spiro atoms. The third kappa shape index (κ3) is 4.30. The Kier molecular flexibility index (Phi) is 5.44. The van der Waals surface area contributed by atoms with Crippen LogP contribution in [-0.2, 0) is 9.53 Å². The molecule has 3 nitrogen and oxygen atoms in total. The molecule has 1 rings (SSSR count). The Balaban J connectivity index is 2.36. The van der Waals surface area contributed by atoms with Gasteiger partial charge in [-0.3, -0.25) is 4.79 Å². The molecule has 1 aliphatic rings. The van der Waals surface area contributed by atoms with Crippen molar-refractivity contribution in [3.05, 3.63) is 0 Å². The summed E-state index contributed by atoms with van der Waals surface area (Å²) in [6, 6.07) is 0.499. The molecular weight excluding hydrogens is 214 g/mol. The highest BCUT2D eigenvalue weighted by atomic mass is 16.5. The summed E-state index contributed by atoms with van der Waals surface area (Å²) in [5.41, 5.74) is -0.433. The van der Waals surface area contributed by atoms with E-state index in [0.29, 0.717) is 12.6 Å². The Labute approximate surface area is 105 Å². The number of hydrogen-bond acceptors (Lipinski definition) is 3. The van der Waals surface area contributed by atoms with Crippen molar-refractivity contribution in [2.45, 2.75) is 58.9 Å². The Morgan fingerprint density at radius 2 is 1.94 bits per heavy atom. The SMILES string of the molecule is COC(=O)C(C)(C)CN[C@@H](C)C1CCCCC1. The molecule has 1 N–H and O–H groups in total. The highest BCUT2D eigenvalue weighted by molar-refractivity contribution is 5.76. The molecule has 1 atom stereocenters. The van der Waals surface area contributed by atoms with Crippen molar-refractivity contribution in [2.75, 3.05) is 13.7 Å². The van der Waals surface area contributed by atoms with Crippen molar-refractivity contribution in [1.82, 2.24) is 5.32 Å². The molecule has 0 unspecified atom stereocenters. The molecule has 3 heteroatoms. The summed E-state index contributed by atoms with van der Waals surface area (Å²) in [7, 11) is 1.45. The van der Waals surface area contributed by atoms with Crippen LogP contribution < -0.4 is 5.32 Å². The largest absolute Gasteiger partial charge is 0.469 e. The van der Waals surface area contributed by atoms with Crippen molar-refractivity contribution in [2.24, 2.45) is 11.3 Å². The first-order chi connectivity index (χ1) is 7.97. The predicted octanol–water partition coefficient (Wildman–Crippen LogP) is 2.74. The summed E-state index contributed by atoms with van der Waals surface area (Å²) >= 11 is 0. The molecule has 1 saturated carbocycles. The van der Waals surface area contributed by atoms with E-state index < -0.39 is 5.41 Å². The fraction of sp³-hybridized carbons (Fsp3) is 0.929. The van der Waals surface area contributed by atoms with Gasteiger partial charge in [0.25, 0.3) is 0 Å². The number of rotatable bonds is 5. The van der Waals surface area contributed by atoms with Gasteiger partial charge in [-0.25, -0.2) is 0 Å². The maximum atomic E-state index is 11.6. The first kappa shape index (κ1) is 14.5. The van der Waals surface area contributed by atoms with Crippen molar-refractivity contribution in [3.63, 3.8) is 0 Å². The fourth-order valence-corrected chi connectivity index (χ4v) is 2.57. The molecule has 0 aromatic heterocycles. The molecule has 0 amide bonds. The van der Waals surface area contributed by atoms with Crippen LogP contribution in [0.25, 0.3) is 0 Å². The standard InChI is InChI=1S/C14H27NO2/c1-11(12-8-6-5-7-9-12)15-10-14(2,3)13(16)17-4/h11-12,15H,5-10H2,1-4H3/t11-/m0/s1. The molecular formula is C14H27NO2. The van der Waals surface area contributed by atoms with E-state index in [1.54, 1.807) is 0 Å². The monoisotopic (exact) mass is 241 g/mol. The van der Waals surface area contributed by atoms with Gasteiger partial charge < -0.3 is 10.1 Å². The van der Waals surface area contributed by atoms with Crippen molar-refractivity contribution < 1.29 is 9.53 Å². The normalized spacial score (nSPS) is 20.0. The van der Waals surface area contributed by atoms with Gasteiger partial charge in [0, 0.05) is 12.6 Å². The fourth-order valence-electron chi connectivity index (χ4n) is 2.57. The summed E-state index contributed by atoms with van der Waals surface area (Å²) < 4.78 is 4.81. The minimum absolute atomic E-state index is 0.138. The van der Waals surface area contributed by atoms with Crippen LogP contribution in [0.3, 0.4) is 0 Å². The van der Waals surface area contributed by atoms with Crippen molar-refractivity contribution in [1.29, 1.82) is 0 Å². The van der Waals surface area contributed by atoms with Crippen LogP contribution >= 0.6 is 0 Å². The second kappa shape index (κ2) is 6.39. The highest BCUT2D eigenvalue weighted by Crippen LogP contribution is 2.27. The Morgan fingerprint density at radius 1 is 1.35 bits per heavy atom. The van der Waals surface area contributed by atoms with E-state index in [0.717, 1.165) is 5.92 Å². The van der Waals surface area contributed by atoms with Gasteiger partial charge in [-0.05, 0) is 39.5 Å². The van der Waals surface area contributed by atoms with Gasteiger partial charge in [0.15, 0.2) is 0 Å². The van der Waals surface area contributed by atoms with Gasteiger partial charge in [-0.1, -0.05) is 19.3 Å². The third-order valence-electron chi connectivity index (χ3n) is 3.96. The minimum Gasteiger partial charge on any atom is -0.469 e. The summed E-state index contributed by atoms with van der Waals surface area (Å²) in [4.78, 5) is 11.6. The van der Waals surface area contributed by atoms with E-state index in [4.69, 9.17) is 4.74 Å². The molecule has 1 aliphatic carbocycles. The number of carbonyl (C=O) groups is 1. The Hall–Kier alpha value is -0.570. The molecule has 17 heavy (non-hydrogen) atoms. The van der Waals surface area contributed by atoms with E-state index in [1.807, 2.05) is 13.8 Å². The second-order valence-electron chi connectivity index (χ2n) is 5.94. The average Bonchev–Trinajstić information content (AvgIpc) is 2.36. The van der Waals surface area contributed by atoms with E-state index in [9.17, 15) is 4.79 Å². The zero-order chi connectivity index (χ0) is 12.9.